The molecule has 0 aliphatic heterocycles. The number of allylic oxidation sites excluding steroid dienone is 8. The molecule has 3 N–H and O–H groups in total. The molecule has 0 fully saturated rings. The van der Waals surface area contributed by atoms with Crippen LogP contribution >= 0.6 is 0 Å². The van der Waals surface area contributed by atoms with Crippen molar-refractivity contribution in [1.29, 1.82) is 0 Å². The van der Waals surface area contributed by atoms with Crippen LogP contribution in [-0.2, 0) is 4.79 Å². The lowest BCUT2D eigenvalue weighted by Gasteiger charge is -2.22. The molecule has 4 heteroatoms. The summed E-state index contributed by atoms with van der Waals surface area (Å²) in [6, 6.07) is -0.572. The number of aliphatic hydroxyl groups excluding tert-OH is 2. The summed E-state index contributed by atoms with van der Waals surface area (Å²) in [5, 5.41) is 22.9. The summed E-state index contributed by atoms with van der Waals surface area (Å²) in [6.45, 7) is 4.18. The van der Waals surface area contributed by atoms with Gasteiger partial charge in [-0.05, 0) is 38.5 Å². The number of carbonyl (C=O) groups is 1. The Morgan fingerprint density at radius 2 is 1.08 bits per heavy atom. The predicted molar refractivity (Wildman–Crippen MR) is 170 cm³/mol. The van der Waals surface area contributed by atoms with E-state index in [9.17, 15) is 15.0 Å². The topological polar surface area (TPSA) is 69.6 Å². The van der Waals surface area contributed by atoms with Crippen LogP contribution in [0.3, 0.4) is 0 Å². The largest absolute Gasteiger partial charge is 0.394 e. The van der Waals surface area contributed by atoms with Crippen LogP contribution in [0.25, 0.3) is 0 Å². The molecular weight excluding hydrogens is 482 g/mol. The molecule has 0 aromatic heterocycles. The van der Waals surface area contributed by atoms with Crippen LogP contribution < -0.4 is 5.32 Å². The minimum Gasteiger partial charge on any atom is -0.394 e. The fraction of sp³-hybridized carbons (Fsp3) is 0.743. The number of hydrogen-bond donors (Lipinski definition) is 3. The maximum absolute atomic E-state index is 12.2. The van der Waals surface area contributed by atoms with E-state index in [1.165, 1.54) is 77.0 Å². The van der Waals surface area contributed by atoms with Gasteiger partial charge in [0, 0.05) is 6.42 Å². The van der Waals surface area contributed by atoms with Gasteiger partial charge in [0.05, 0.1) is 18.8 Å². The first-order valence-electron chi connectivity index (χ1n) is 16.3. The van der Waals surface area contributed by atoms with Crippen LogP contribution in [0.15, 0.2) is 48.6 Å². The van der Waals surface area contributed by atoms with Gasteiger partial charge in [-0.15, -0.1) is 0 Å². The first-order chi connectivity index (χ1) is 19.2. The number of aliphatic hydroxyl groups is 2. The Morgan fingerprint density at radius 3 is 1.54 bits per heavy atom. The van der Waals surface area contributed by atoms with Gasteiger partial charge < -0.3 is 15.5 Å². The Labute approximate surface area is 242 Å². The highest BCUT2D eigenvalue weighted by Crippen LogP contribution is 2.14. The zero-order valence-electron chi connectivity index (χ0n) is 25.6. The van der Waals surface area contributed by atoms with Crippen LogP contribution in [0.5, 0.6) is 0 Å². The molecular formula is C35H63NO3. The molecule has 39 heavy (non-hydrogen) atoms. The first kappa shape index (κ1) is 37.4. The van der Waals surface area contributed by atoms with E-state index in [2.05, 4.69) is 61.7 Å². The van der Waals surface area contributed by atoms with Gasteiger partial charge in [-0.2, -0.15) is 0 Å². The molecule has 0 spiro atoms. The number of unbranched alkanes of at least 4 members (excludes halogenated alkanes) is 13. The normalized spacial score (nSPS) is 13.8. The average molecular weight is 546 g/mol. The second kappa shape index (κ2) is 30.9. The highest BCUT2D eigenvalue weighted by Gasteiger charge is 2.19. The summed E-state index contributed by atoms with van der Waals surface area (Å²) in [5.74, 6) is -0.114. The van der Waals surface area contributed by atoms with Gasteiger partial charge >= 0.3 is 0 Å². The minimum absolute atomic E-state index is 0.114. The van der Waals surface area contributed by atoms with Gasteiger partial charge in [0.25, 0.3) is 0 Å². The van der Waals surface area contributed by atoms with Crippen LogP contribution in [0.2, 0.25) is 0 Å². The lowest BCUT2D eigenvalue weighted by Crippen LogP contribution is -2.45. The van der Waals surface area contributed by atoms with Gasteiger partial charge in [0.1, 0.15) is 0 Å². The van der Waals surface area contributed by atoms with Gasteiger partial charge in [-0.25, -0.2) is 0 Å². The zero-order valence-corrected chi connectivity index (χ0v) is 25.6. The van der Waals surface area contributed by atoms with Crippen molar-refractivity contribution >= 4 is 5.91 Å². The van der Waals surface area contributed by atoms with Crippen molar-refractivity contribution in [2.75, 3.05) is 6.61 Å². The summed E-state index contributed by atoms with van der Waals surface area (Å²) in [7, 11) is 0. The van der Waals surface area contributed by atoms with Crippen molar-refractivity contribution in [3.05, 3.63) is 48.6 Å². The van der Waals surface area contributed by atoms with Crippen LogP contribution in [0.4, 0.5) is 0 Å². The van der Waals surface area contributed by atoms with Crippen LogP contribution in [0, 0.1) is 0 Å². The molecule has 0 aliphatic carbocycles. The lowest BCUT2D eigenvalue weighted by molar-refractivity contribution is -0.123. The van der Waals surface area contributed by atoms with E-state index in [-0.39, 0.29) is 12.5 Å². The molecule has 0 radical (unpaired) electrons. The second-order valence-corrected chi connectivity index (χ2v) is 10.8. The second-order valence-electron chi connectivity index (χ2n) is 10.8. The third-order valence-electron chi connectivity index (χ3n) is 7.12. The maximum atomic E-state index is 12.2. The maximum Gasteiger partial charge on any atom is 0.220 e. The monoisotopic (exact) mass is 545 g/mol. The quantitative estimate of drug-likeness (QED) is 0.0677. The molecule has 4 nitrogen and oxygen atoms in total. The van der Waals surface area contributed by atoms with Gasteiger partial charge in [0.2, 0.25) is 5.91 Å². The third-order valence-corrected chi connectivity index (χ3v) is 7.12. The number of hydrogen-bond acceptors (Lipinski definition) is 3. The highest BCUT2D eigenvalue weighted by molar-refractivity contribution is 5.76. The summed E-state index contributed by atoms with van der Waals surface area (Å²) in [4.78, 5) is 12.2. The molecule has 0 saturated carbocycles. The molecule has 2 atom stereocenters. The molecule has 0 aromatic carbocycles. The molecule has 0 aliphatic rings. The summed E-state index contributed by atoms with van der Waals surface area (Å²) >= 11 is 0. The van der Waals surface area contributed by atoms with E-state index in [4.69, 9.17) is 0 Å². The standard InChI is InChI=1S/C35H63NO3/c1-3-5-7-9-11-13-15-17-19-20-22-24-26-28-30-34(38)33(32-37)36-35(39)31-29-27-25-23-21-18-16-14-12-10-8-6-4-2/h6,8,12,14,18,21,25,27,33-34,37-38H,3-5,7,9-11,13,15-17,19-20,22-24,26,28-32H2,1-2H3,(H,36,39)/b8-6-,14-12-,21-18-,27-25-. The van der Waals surface area contributed by atoms with E-state index in [1.54, 1.807) is 0 Å². The summed E-state index contributed by atoms with van der Waals surface area (Å²) in [6.07, 6.45) is 40.2. The number of rotatable bonds is 28. The molecule has 226 valence electrons. The van der Waals surface area contributed by atoms with Crippen molar-refractivity contribution in [3.63, 3.8) is 0 Å². The van der Waals surface area contributed by atoms with Crippen LogP contribution in [-0.4, -0.2) is 34.9 Å². The number of amides is 1. The molecule has 0 aromatic rings. The minimum atomic E-state index is -0.686. The van der Waals surface area contributed by atoms with Gasteiger partial charge in [-0.3, -0.25) is 4.79 Å². The fourth-order valence-corrected chi connectivity index (χ4v) is 4.60. The Kier molecular flexibility index (Phi) is 29.6. The van der Waals surface area contributed by atoms with E-state index < -0.39 is 12.1 Å². The lowest BCUT2D eigenvalue weighted by atomic mass is 10.0. The van der Waals surface area contributed by atoms with Crippen molar-refractivity contribution in [3.8, 4) is 0 Å². The Bertz CT molecular complexity index is 638. The van der Waals surface area contributed by atoms with Gasteiger partial charge in [-0.1, -0.05) is 152 Å². The summed E-state index contributed by atoms with van der Waals surface area (Å²) < 4.78 is 0. The van der Waals surface area contributed by atoms with E-state index >= 15 is 0 Å². The van der Waals surface area contributed by atoms with Crippen molar-refractivity contribution in [1.82, 2.24) is 5.32 Å². The van der Waals surface area contributed by atoms with Crippen molar-refractivity contribution < 1.29 is 15.0 Å². The number of carbonyl (C=O) groups excluding carboxylic acids is 1. The summed E-state index contributed by atoms with van der Waals surface area (Å²) in [5.41, 5.74) is 0. The fourth-order valence-electron chi connectivity index (χ4n) is 4.60. The average Bonchev–Trinajstić information content (AvgIpc) is 2.94. The SMILES string of the molecule is CC/C=C\C/C=C\C/C=C\C/C=C\CCC(=O)NC(CO)C(O)CCCCCCCCCCCCCCCC. The Balaban J connectivity index is 3.72. The van der Waals surface area contributed by atoms with E-state index in [0.29, 0.717) is 19.3 Å². The molecule has 0 heterocycles. The zero-order chi connectivity index (χ0) is 28.7. The van der Waals surface area contributed by atoms with E-state index in [1.807, 2.05) is 6.08 Å². The van der Waals surface area contributed by atoms with Crippen molar-refractivity contribution in [2.45, 2.75) is 161 Å². The first-order valence-corrected chi connectivity index (χ1v) is 16.3. The molecule has 0 saturated heterocycles. The smallest absolute Gasteiger partial charge is 0.220 e. The molecule has 1 amide bonds. The number of nitrogens with one attached hydrogen (secondary N) is 1. The van der Waals surface area contributed by atoms with Gasteiger partial charge in [0.15, 0.2) is 0 Å². The van der Waals surface area contributed by atoms with E-state index in [0.717, 1.165) is 38.5 Å². The molecule has 0 bridgehead atoms. The Hall–Kier alpha value is -1.65. The Morgan fingerprint density at radius 1 is 0.641 bits per heavy atom. The predicted octanol–water partition coefficient (Wildman–Crippen LogP) is 9.28. The molecule has 2 unspecified atom stereocenters. The highest BCUT2D eigenvalue weighted by atomic mass is 16.3. The van der Waals surface area contributed by atoms with Crippen LogP contribution in [0.1, 0.15) is 149 Å². The molecule has 0 rings (SSSR count). The third kappa shape index (κ3) is 27.7. The van der Waals surface area contributed by atoms with Crippen molar-refractivity contribution in [2.24, 2.45) is 0 Å².